The predicted molar refractivity (Wildman–Crippen MR) is 87.4 cm³/mol. The van der Waals surface area contributed by atoms with E-state index in [2.05, 4.69) is 15.5 Å². The van der Waals surface area contributed by atoms with Gasteiger partial charge in [-0.1, -0.05) is 17.7 Å². The minimum absolute atomic E-state index is 0.522. The molecule has 0 bridgehead atoms. The van der Waals surface area contributed by atoms with Gasteiger partial charge in [-0.05, 0) is 37.9 Å². The smallest absolute Gasteiger partial charge is 0.111 e. The highest BCUT2D eigenvalue weighted by Gasteiger charge is 2.39. The Morgan fingerprint density at radius 1 is 1.19 bits per heavy atom. The lowest BCUT2D eigenvalue weighted by molar-refractivity contribution is 0.290. The van der Waals surface area contributed by atoms with E-state index in [0.29, 0.717) is 18.0 Å². The molecule has 0 radical (unpaired) electrons. The average molecular weight is 324 g/mol. The number of halogens is 2. The summed E-state index contributed by atoms with van der Waals surface area (Å²) in [7, 11) is 0. The van der Waals surface area contributed by atoms with Crippen molar-refractivity contribution in [2.75, 3.05) is 19.0 Å². The average Bonchev–Trinajstić information content (AvgIpc) is 3.13. The van der Waals surface area contributed by atoms with Crippen molar-refractivity contribution in [3.05, 3.63) is 29.0 Å². The van der Waals surface area contributed by atoms with Crippen molar-refractivity contribution in [3.8, 4) is 0 Å². The van der Waals surface area contributed by atoms with E-state index >= 15 is 0 Å². The van der Waals surface area contributed by atoms with Gasteiger partial charge < -0.3 is 4.57 Å². The summed E-state index contributed by atoms with van der Waals surface area (Å²) >= 11 is 12.3. The molecule has 21 heavy (non-hydrogen) atoms. The van der Waals surface area contributed by atoms with Gasteiger partial charge in [-0.25, -0.2) is 4.98 Å². The number of alkyl halides is 1. The Labute approximate surface area is 134 Å². The van der Waals surface area contributed by atoms with Crippen molar-refractivity contribution < 1.29 is 0 Å². The van der Waals surface area contributed by atoms with E-state index in [-0.39, 0.29) is 0 Å². The molecule has 5 heteroatoms. The summed E-state index contributed by atoms with van der Waals surface area (Å²) in [6, 6.07) is 7.27. The van der Waals surface area contributed by atoms with Gasteiger partial charge in [-0.3, -0.25) is 4.90 Å². The molecule has 0 spiro atoms. The lowest BCUT2D eigenvalue weighted by atomic mass is 10.1. The highest BCUT2D eigenvalue weighted by molar-refractivity contribution is 6.34. The molecule has 2 fully saturated rings. The van der Waals surface area contributed by atoms with Crippen LogP contribution >= 0.6 is 23.2 Å². The largest absolute Gasteiger partial charge is 0.323 e. The number of imidazole rings is 1. The summed E-state index contributed by atoms with van der Waals surface area (Å²) in [5.74, 6) is 1.69. The molecule has 2 unspecified atom stereocenters. The summed E-state index contributed by atoms with van der Waals surface area (Å²) in [6.45, 7) is 2.45. The van der Waals surface area contributed by atoms with Gasteiger partial charge in [-0.2, -0.15) is 0 Å². The van der Waals surface area contributed by atoms with Crippen LogP contribution in [0.2, 0.25) is 5.02 Å². The van der Waals surface area contributed by atoms with E-state index in [1.807, 2.05) is 12.1 Å². The first-order chi connectivity index (χ1) is 10.3. The molecule has 2 aromatic rings. The fourth-order valence-corrected chi connectivity index (χ4v) is 4.50. The molecule has 1 aromatic carbocycles. The van der Waals surface area contributed by atoms with Crippen LogP contribution in [-0.4, -0.2) is 39.5 Å². The van der Waals surface area contributed by atoms with E-state index in [4.69, 9.17) is 28.2 Å². The minimum Gasteiger partial charge on any atom is -0.323 e. The number of benzene rings is 1. The SMILES string of the molecule is ClCCc1nc2c(Cl)cccc2n1C1CCN2CCCC12. The number of hydrogen-bond acceptors (Lipinski definition) is 2. The second kappa shape index (κ2) is 5.45. The molecule has 0 aliphatic carbocycles. The maximum Gasteiger partial charge on any atom is 0.111 e. The monoisotopic (exact) mass is 323 g/mol. The van der Waals surface area contributed by atoms with E-state index in [9.17, 15) is 0 Å². The lowest BCUT2D eigenvalue weighted by Gasteiger charge is -2.24. The van der Waals surface area contributed by atoms with Crippen LogP contribution in [0.4, 0.5) is 0 Å². The van der Waals surface area contributed by atoms with E-state index in [1.165, 1.54) is 37.9 Å². The van der Waals surface area contributed by atoms with Crippen molar-refractivity contribution in [2.24, 2.45) is 0 Å². The number of fused-ring (bicyclic) bond motifs is 2. The number of aromatic nitrogens is 2. The van der Waals surface area contributed by atoms with Crippen molar-refractivity contribution >= 4 is 34.2 Å². The van der Waals surface area contributed by atoms with Crippen molar-refractivity contribution in [3.63, 3.8) is 0 Å². The zero-order valence-electron chi connectivity index (χ0n) is 11.9. The normalized spacial score (nSPS) is 25.8. The fourth-order valence-electron chi connectivity index (χ4n) is 4.12. The zero-order chi connectivity index (χ0) is 14.4. The molecule has 0 N–H and O–H groups in total. The molecule has 2 aliphatic heterocycles. The van der Waals surface area contributed by atoms with Crippen LogP contribution in [0.5, 0.6) is 0 Å². The van der Waals surface area contributed by atoms with Crippen LogP contribution in [-0.2, 0) is 6.42 Å². The third-order valence-electron chi connectivity index (χ3n) is 4.96. The Hall–Kier alpha value is -0.770. The van der Waals surface area contributed by atoms with Gasteiger partial charge in [0.2, 0.25) is 0 Å². The first-order valence-electron chi connectivity index (χ1n) is 7.75. The Morgan fingerprint density at radius 2 is 2.10 bits per heavy atom. The molecule has 2 atom stereocenters. The second-order valence-electron chi connectivity index (χ2n) is 6.05. The molecule has 2 aliphatic rings. The van der Waals surface area contributed by atoms with Crippen LogP contribution in [0.3, 0.4) is 0 Å². The summed E-state index contributed by atoms with van der Waals surface area (Å²) in [5, 5.41) is 0.739. The van der Waals surface area contributed by atoms with Gasteiger partial charge in [0.25, 0.3) is 0 Å². The molecular weight excluding hydrogens is 305 g/mol. The summed E-state index contributed by atoms with van der Waals surface area (Å²) in [4.78, 5) is 7.42. The maximum atomic E-state index is 6.34. The van der Waals surface area contributed by atoms with E-state index in [1.54, 1.807) is 0 Å². The molecule has 3 nitrogen and oxygen atoms in total. The van der Waals surface area contributed by atoms with Crippen molar-refractivity contribution in [2.45, 2.75) is 37.8 Å². The number of aryl methyl sites for hydroxylation is 1. The van der Waals surface area contributed by atoms with E-state index in [0.717, 1.165) is 22.8 Å². The quantitative estimate of drug-likeness (QED) is 0.799. The first-order valence-corrected chi connectivity index (χ1v) is 8.66. The number of nitrogens with zero attached hydrogens (tertiary/aromatic N) is 3. The summed E-state index contributed by atoms with van der Waals surface area (Å²) in [5.41, 5.74) is 2.09. The van der Waals surface area contributed by atoms with Gasteiger partial charge in [0.05, 0.1) is 16.6 Å². The third kappa shape index (κ3) is 2.18. The molecule has 3 heterocycles. The van der Waals surface area contributed by atoms with Gasteiger partial charge in [0.1, 0.15) is 11.3 Å². The Bertz CT molecular complexity index is 667. The lowest BCUT2D eigenvalue weighted by Crippen LogP contribution is -2.28. The van der Waals surface area contributed by atoms with Crippen LogP contribution < -0.4 is 0 Å². The molecular formula is C16H19Cl2N3. The first kappa shape index (κ1) is 13.9. The molecule has 0 saturated carbocycles. The van der Waals surface area contributed by atoms with E-state index < -0.39 is 0 Å². The van der Waals surface area contributed by atoms with Crippen LogP contribution in [0.25, 0.3) is 11.0 Å². The zero-order valence-corrected chi connectivity index (χ0v) is 13.4. The van der Waals surface area contributed by atoms with Gasteiger partial charge in [-0.15, -0.1) is 11.6 Å². The van der Waals surface area contributed by atoms with Crippen LogP contribution in [0.15, 0.2) is 18.2 Å². The number of para-hydroxylation sites is 1. The van der Waals surface area contributed by atoms with Crippen LogP contribution in [0.1, 0.15) is 31.1 Å². The predicted octanol–water partition coefficient (Wildman–Crippen LogP) is 3.88. The fraction of sp³-hybridized carbons (Fsp3) is 0.562. The highest BCUT2D eigenvalue weighted by atomic mass is 35.5. The molecule has 2 saturated heterocycles. The molecule has 4 rings (SSSR count). The Balaban J connectivity index is 1.86. The Kier molecular flexibility index (Phi) is 3.60. The minimum atomic E-state index is 0.522. The standard InChI is InChI=1S/C16H19Cl2N3/c17-8-6-15-19-16-11(18)3-1-4-14(16)21(15)13-7-10-20-9-2-5-12(13)20/h1,3-4,12-13H,2,5-10H2. The molecule has 1 aromatic heterocycles. The van der Waals surface area contributed by atoms with Gasteiger partial charge >= 0.3 is 0 Å². The topological polar surface area (TPSA) is 21.1 Å². The summed E-state index contributed by atoms with van der Waals surface area (Å²) in [6.07, 6.45) is 4.62. The van der Waals surface area contributed by atoms with Crippen LogP contribution in [0, 0.1) is 0 Å². The van der Waals surface area contributed by atoms with Crippen molar-refractivity contribution in [1.82, 2.24) is 14.5 Å². The Morgan fingerprint density at radius 3 is 2.95 bits per heavy atom. The van der Waals surface area contributed by atoms with Gasteiger partial charge in [0, 0.05) is 24.9 Å². The maximum absolute atomic E-state index is 6.34. The third-order valence-corrected chi connectivity index (χ3v) is 5.46. The van der Waals surface area contributed by atoms with Gasteiger partial charge in [0.15, 0.2) is 0 Å². The number of rotatable bonds is 3. The second-order valence-corrected chi connectivity index (χ2v) is 6.83. The number of hydrogen-bond donors (Lipinski definition) is 0. The highest BCUT2D eigenvalue weighted by Crippen LogP contribution is 2.39. The van der Waals surface area contributed by atoms with Crippen molar-refractivity contribution in [1.29, 1.82) is 0 Å². The summed E-state index contributed by atoms with van der Waals surface area (Å²) < 4.78 is 2.43. The molecule has 0 amide bonds. The molecule has 112 valence electrons.